The van der Waals surface area contributed by atoms with E-state index in [2.05, 4.69) is 29.2 Å². The van der Waals surface area contributed by atoms with Crippen molar-refractivity contribution < 1.29 is 9.57 Å². The van der Waals surface area contributed by atoms with Crippen molar-refractivity contribution in [3.63, 3.8) is 0 Å². The van der Waals surface area contributed by atoms with E-state index in [1.54, 1.807) is 0 Å². The number of likely N-dealkylation sites (tertiary alicyclic amines) is 1. The summed E-state index contributed by atoms with van der Waals surface area (Å²) in [6.07, 6.45) is 6.30. The smallest absolute Gasteiger partial charge is 0.229 e. The van der Waals surface area contributed by atoms with Crippen molar-refractivity contribution in [2.45, 2.75) is 71.4 Å². The van der Waals surface area contributed by atoms with Gasteiger partial charge in [-0.3, -0.25) is 4.90 Å². The fourth-order valence-electron chi connectivity index (χ4n) is 3.69. The molecule has 3 rings (SSSR count). The molecule has 2 saturated heterocycles. The third-order valence-electron chi connectivity index (χ3n) is 4.82. The van der Waals surface area contributed by atoms with Crippen LogP contribution in [0.15, 0.2) is 5.16 Å². The molecule has 5 nitrogen and oxygen atoms in total. The van der Waals surface area contributed by atoms with Crippen LogP contribution in [0.2, 0.25) is 0 Å². The lowest BCUT2D eigenvalue weighted by Gasteiger charge is -2.38. The molecule has 0 saturated carbocycles. The van der Waals surface area contributed by atoms with Gasteiger partial charge in [0.2, 0.25) is 5.90 Å². The molecule has 2 fully saturated rings. The van der Waals surface area contributed by atoms with E-state index in [0.29, 0.717) is 12.5 Å². The number of nitrogens with zero attached hydrogens (tertiary/aromatic N) is 2. The van der Waals surface area contributed by atoms with Crippen molar-refractivity contribution in [1.29, 1.82) is 0 Å². The van der Waals surface area contributed by atoms with E-state index >= 15 is 0 Å². The van der Waals surface area contributed by atoms with Crippen LogP contribution in [0.1, 0.15) is 59.8 Å². The summed E-state index contributed by atoms with van der Waals surface area (Å²) < 4.78 is 6.18. The third kappa shape index (κ3) is 5.64. The average molecular weight is 325 g/mol. The van der Waals surface area contributed by atoms with Gasteiger partial charge in [0, 0.05) is 18.0 Å². The molecule has 2 unspecified atom stereocenters. The number of hydrogen-bond acceptors (Lipinski definition) is 5. The van der Waals surface area contributed by atoms with Crippen LogP contribution in [0.3, 0.4) is 0 Å². The molecule has 2 atom stereocenters. The molecule has 0 radical (unpaired) electrons. The minimum absolute atomic E-state index is 0.147. The van der Waals surface area contributed by atoms with Crippen LogP contribution in [-0.2, 0) is 9.57 Å². The predicted octanol–water partition coefficient (Wildman–Crippen LogP) is 3.01. The predicted molar refractivity (Wildman–Crippen MR) is 94.7 cm³/mol. The minimum atomic E-state index is 0.147. The molecule has 3 heterocycles. The molecular formula is C18H35N3O2. The molecule has 0 aromatic rings. The highest BCUT2D eigenvalue weighted by atomic mass is 16.7. The number of piperidine rings is 2. The lowest BCUT2D eigenvalue weighted by atomic mass is 9.84. The van der Waals surface area contributed by atoms with E-state index in [1.807, 2.05) is 13.8 Å². The average Bonchev–Trinajstić information content (AvgIpc) is 2.57. The minimum Gasteiger partial charge on any atom is -0.470 e. The highest BCUT2D eigenvalue weighted by Crippen LogP contribution is 2.27. The maximum atomic E-state index is 6.18. The molecular weight excluding hydrogens is 290 g/mol. The zero-order valence-electron chi connectivity index (χ0n) is 15.4. The Kier molecular flexibility index (Phi) is 7.15. The van der Waals surface area contributed by atoms with Crippen LogP contribution in [0.4, 0.5) is 0 Å². The van der Waals surface area contributed by atoms with Gasteiger partial charge in [0.15, 0.2) is 6.61 Å². The zero-order valence-corrected chi connectivity index (χ0v) is 15.4. The standard InChI is InChI=1S/C16H29N3O2.C2H6/c1-16(2)10-13(6-7-17-16)15-18-20-12-14(21-15)11-19-8-4-3-5-9-19;1-2/h13-14,17H,3-12H2,1-2H3;1-2H3. The quantitative estimate of drug-likeness (QED) is 0.866. The Balaban J connectivity index is 0.000000924. The van der Waals surface area contributed by atoms with Gasteiger partial charge < -0.3 is 14.9 Å². The van der Waals surface area contributed by atoms with Crippen LogP contribution in [-0.4, -0.2) is 55.2 Å². The van der Waals surface area contributed by atoms with Gasteiger partial charge in [-0.15, -0.1) is 0 Å². The molecule has 0 aliphatic carbocycles. The summed E-state index contributed by atoms with van der Waals surface area (Å²) >= 11 is 0. The number of rotatable bonds is 3. The zero-order chi connectivity index (χ0) is 16.7. The Morgan fingerprint density at radius 2 is 1.96 bits per heavy atom. The van der Waals surface area contributed by atoms with Crippen LogP contribution >= 0.6 is 0 Å². The van der Waals surface area contributed by atoms with E-state index in [1.165, 1.54) is 32.4 Å². The number of ether oxygens (including phenoxy) is 1. The van der Waals surface area contributed by atoms with Crippen molar-refractivity contribution in [2.75, 3.05) is 32.8 Å². The van der Waals surface area contributed by atoms with Crippen molar-refractivity contribution in [3.05, 3.63) is 0 Å². The Labute approximate surface area is 141 Å². The highest BCUT2D eigenvalue weighted by molar-refractivity contribution is 5.79. The second-order valence-electron chi connectivity index (χ2n) is 7.33. The molecule has 0 bridgehead atoms. The first-order chi connectivity index (χ1) is 11.1. The van der Waals surface area contributed by atoms with E-state index in [0.717, 1.165) is 31.8 Å². The van der Waals surface area contributed by atoms with Crippen molar-refractivity contribution in [3.8, 4) is 0 Å². The third-order valence-corrected chi connectivity index (χ3v) is 4.82. The molecule has 134 valence electrons. The van der Waals surface area contributed by atoms with E-state index in [-0.39, 0.29) is 11.6 Å². The summed E-state index contributed by atoms with van der Waals surface area (Å²) in [7, 11) is 0. The van der Waals surface area contributed by atoms with Gasteiger partial charge >= 0.3 is 0 Å². The molecule has 1 N–H and O–H groups in total. The highest BCUT2D eigenvalue weighted by Gasteiger charge is 2.34. The van der Waals surface area contributed by atoms with E-state index < -0.39 is 0 Å². The molecule has 0 amide bonds. The van der Waals surface area contributed by atoms with Gasteiger partial charge in [0.05, 0.1) is 0 Å². The summed E-state index contributed by atoms with van der Waals surface area (Å²) in [5, 5.41) is 7.75. The first kappa shape index (κ1) is 18.5. The fraction of sp³-hybridized carbons (Fsp3) is 0.944. The molecule has 0 spiro atoms. The van der Waals surface area contributed by atoms with E-state index in [4.69, 9.17) is 9.57 Å². The Bertz CT molecular complexity index is 378. The van der Waals surface area contributed by atoms with Gasteiger partial charge in [0.1, 0.15) is 6.10 Å². The maximum absolute atomic E-state index is 6.18. The summed E-state index contributed by atoms with van der Waals surface area (Å²) in [6.45, 7) is 13.5. The molecule has 3 aliphatic heterocycles. The van der Waals surface area contributed by atoms with Crippen molar-refractivity contribution in [2.24, 2.45) is 11.1 Å². The summed E-state index contributed by atoms with van der Waals surface area (Å²) in [6, 6.07) is 0. The summed E-state index contributed by atoms with van der Waals surface area (Å²) in [4.78, 5) is 7.98. The van der Waals surface area contributed by atoms with Gasteiger partial charge in [-0.2, -0.15) is 0 Å². The largest absolute Gasteiger partial charge is 0.470 e. The van der Waals surface area contributed by atoms with Gasteiger partial charge in [-0.05, 0) is 59.2 Å². The summed E-state index contributed by atoms with van der Waals surface area (Å²) in [5.74, 6) is 1.23. The van der Waals surface area contributed by atoms with Gasteiger partial charge in [-0.1, -0.05) is 25.4 Å². The molecule has 0 aromatic heterocycles. The first-order valence-electron chi connectivity index (χ1n) is 9.46. The normalized spacial score (nSPS) is 31.0. The first-order valence-corrected chi connectivity index (χ1v) is 9.46. The maximum Gasteiger partial charge on any atom is 0.229 e. The number of nitrogens with one attached hydrogen (secondary N) is 1. The van der Waals surface area contributed by atoms with Crippen LogP contribution in [0.5, 0.6) is 0 Å². The van der Waals surface area contributed by atoms with Crippen LogP contribution in [0.25, 0.3) is 0 Å². The number of hydrogen-bond donors (Lipinski definition) is 1. The van der Waals surface area contributed by atoms with Crippen LogP contribution in [0, 0.1) is 5.92 Å². The SMILES string of the molecule is CC.CC1(C)CC(C2=NOCC(CN3CCCCC3)O2)CCN1. The second kappa shape index (κ2) is 8.88. The topological polar surface area (TPSA) is 46.1 Å². The van der Waals surface area contributed by atoms with Gasteiger partial charge in [-0.25, -0.2) is 0 Å². The molecule has 3 aliphatic rings. The molecule has 5 heteroatoms. The van der Waals surface area contributed by atoms with Crippen LogP contribution < -0.4 is 5.32 Å². The van der Waals surface area contributed by atoms with Gasteiger partial charge in [0.25, 0.3) is 0 Å². The monoisotopic (exact) mass is 325 g/mol. The molecule has 0 aromatic carbocycles. The Hall–Kier alpha value is -0.810. The lowest BCUT2D eigenvalue weighted by molar-refractivity contribution is -0.0176. The Morgan fingerprint density at radius 1 is 1.22 bits per heavy atom. The summed E-state index contributed by atoms with van der Waals surface area (Å²) in [5.41, 5.74) is 0.161. The van der Waals surface area contributed by atoms with Crippen molar-refractivity contribution >= 4 is 5.90 Å². The number of oxime groups is 1. The Morgan fingerprint density at radius 3 is 2.65 bits per heavy atom. The fourth-order valence-corrected chi connectivity index (χ4v) is 3.69. The van der Waals surface area contributed by atoms with E-state index in [9.17, 15) is 0 Å². The lowest BCUT2D eigenvalue weighted by Crippen LogP contribution is -2.50. The second-order valence-corrected chi connectivity index (χ2v) is 7.33. The van der Waals surface area contributed by atoms with Crippen molar-refractivity contribution in [1.82, 2.24) is 10.2 Å². The molecule has 23 heavy (non-hydrogen) atoms.